The third-order valence-electron chi connectivity index (χ3n) is 5.28. The fraction of sp³-hybridized carbons (Fsp3) is 0.611. The third-order valence-corrected chi connectivity index (χ3v) is 6.12. The highest BCUT2D eigenvalue weighted by atomic mass is 32.1. The zero-order chi connectivity index (χ0) is 19.0. The van der Waals surface area contributed by atoms with Gasteiger partial charge in [0.15, 0.2) is 0 Å². The first-order chi connectivity index (χ1) is 13.0. The smallest absolute Gasteiger partial charge is 0.275 e. The van der Waals surface area contributed by atoms with E-state index >= 15 is 0 Å². The average Bonchev–Trinajstić information content (AvgIpc) is 3.19. The van der Waals surface area contributed by atoms with Gasteiger partial charge in [-0.1, -0.05) is 24.7 Å². The number of aryl methyl sites for hydroxylation is 1. The van der Waals surface area contributed by atoms with Crippen LogP contribution in [0.5, 0.6) is 0 Å². The summed E-state index contributed by atoms with van der Waals surface area (Å²) < 4.78 is 1.35. The molecule has 27 heavy (non-hydrogen) atoms. The molecular weight excluding hydrogens is 366 g/mol. The molecule has 3 heterocycles. The van der Waals surface area contributed by atoms with Crippen LogP contribution in [0.1, 0.15) is 57.6 Å². The van der Waals surface area contributed by atoms with Crippen LogP contribution in [0.25, 0.3) is 4.96 Å². The number of nitrogens with one attached hydrogen (secondary N) is 1. The van der Waals surface area contributed by atoms with Crippen molar-refractivity contribution in [3.63, 3.8) is 0 Å². The SMILES string of the molecule is CCCc1cc(=O)n2nc(NC3CCC(N4C(=O)CCC4=O)CC3)sc2n1. The lowest BCUT2D eigenvalue weighted by Gasteiger charge is -2.33. The van der Waals surface area contributed by atoms with Gasteiger partial charge >= 0.3 is 0 Å². The van der Waals surface area contributed by atoms with E-state index in [9.17, 15) is 14.4 Å². The van der Waals surface area contributed by atoms with Gasteiger partial charge in [-0.15, -0.1) is 5.10 Å². The fourth-order valence-electron chi connectivity index (χ4n) is 3.95. The maximum atomic E-state index is 12.2. The Hall–Kier alpha value is -2.29. The molecule has 0 spiro atoms. The van der Waals surface area contributed by atoms with Crippen molar-refractivity contribution in [2.24, 2.45) is 0 Å². The van der Waals surface area contributed by atoms with Gasteiger partial charge in [0, 0.05) is 36.7 Å². The molecule has 2 amide bonds. The van der Waals surface area contributed by atoms with Crippen LogP contribution >= 0.6 is 11.3 Å². The van der Waals surface area contributed by atoms with Crippen LogP contribution in [0.15, 0.2) is 10.9 Å². The van der Waals surface area contributed by atoms with Gasteiger partial charge in [0.1, 0.15) is 0 Å². The Balaban J connectivity index is 1.42. The number of imide groups is 1. The molecule has 0 bridgehead atoms. The minimum Gasteiger partial charge on any atom is -0.357 e. The van der Waals surface area contributed by atoms with Crippen LogP contribution < -0.4 is 10.9 Å². The van der Waals surface area contributed by atoms with Crippen LogP contribution in [0.4, 0.5) is 5.13 Å². The highest BCUT2D eigenvalue weighted by Crippen LogP contribution is 2.29. The summed E-state index contributed by atoms with van der Waals surface area (Å²) in [5, 5.41) is 8.45. The molecular formula is C18H23N5O3S. The molecule has 2 aromatic rings. The van der Waals surface area contributed by atoms with E-state index in [2.05, 4.69) is 22.3 Å². The van der Waals surface area contributed by atoms with Crippen LogP contribution in [0.3, 0.4) is 0 Å². The minimum atomic E-state index is -0.150. The summed E-state index contributed by atoms with van der Waals surface area (Å²) in [5.74, 6) is -0.0631. The molecule has 1 N–H and O–H groups in total. The number of amides is 2. The zero-order valence-electron chi connectivity index (χ0n) is 15.3. The Bertz CT molecular complexity index is 913. The van der Waals surface area contributed by atoms with E-state index in [1.165, 1.54) is 20.8 Å². The van der Waals surface area contributed by atoms with Crippen molar-refractivity contribution < 1.29 is 9.59 Å². The molecule has 2 aliphatic rings. The van der Waals surface area contributed by atoms with Crippen molar-refractivity contribution in [1.82, 2.24) is 19.5 Å². The van der Waals surface area contributed by atoms with Crippen LogP contribution in [-0.2, 0) is 16.0 Å². The molecule has 0 aromatic carbocycles. The van der Waals surface area contributed by atoms with Crippen molar-refractivity contribution in [2.75, 3.05) is 5.32 Å². The molecule has 2 aromatic heterocycles. The largest absolute Gasteiger partial charge is 0.357 e. The Kier molecular flexibility index (Phi) is 4.94. The molecule has 1 saturated carbocycles. The van der Waals surface area contributed by atoms with Gasteiger partial charge in [0.05, 0.1) is 0 Å². The van der Waals surface area contributed by atoms with Crippen LogP contribution in [-0.4, -0.2) is 43.4 Å². The molecule has 1 saturated heterocycles. The maximum Gasteiger partial charge on any atom is 0.275 e. The topological polar surface area (TPSA) is 96.7 Å². The number of nitrogens with zero attached hydrogens (tertiary/aromatic N) is 4. The molecule has 9 heteroatoms. The van der Waals surface area contributed by atoms with Crippen LogP contribution in [0.2, 0.25) is 0 Å². The summed E-state index contributed by atoms with van der Waals surface area (Å²) in [6, 6.07) is 1.80. The van der Waals surface area contributed by atoms with Crippen molar-refractivity contribution in [2.45, 2.75) is 70.4 Å². The number of carbonyl (C=O) groups excluding carboxylic acids is 2. The summed E-state index contributed by atoms with van der Waals surface area (Å²) in [6.07, 6.45) is 5.76. The lowest BCUT2D eigenvalue weighted by Crippen LogP contribution is -2.43. The Morgan fingerprint density at radius 2 is 1.85 bits per heavy atom. The quantitative estimate of drug-likeness (QED) is 0.786. The second-order valence-electron chi connectivity index (χ2n) is 7.24. The fourth-order valence-corrected chi connectivity index (χ4v) is 4.85. The van der Waals surface area contributed by atoms with E-state index in [1.807, 2.05) is 0 Å². The first-order valence-corrected chi connectivity index (χ1v) is 10.4. The first-order valence-electron chi connectivity index (χ1n) is 9.56. The second kappa shape index (κ2) is 7.38. The van der Waals surface area contributed by atoms with E-state index in [1.54, 1.807) is 6.07 Å². The molecule has 1 aliphatic heterocycles. The molecule has 0 unspecified atom stereocenters. The summed E-state index contributed by atoms with van der Waals surface area (Å²) in [5.41, 5.74) is 0.653. The van der Waals surface area contributed by atoms with Gasteiger partial charge in [0.2, 0.25) is 21.9 Å². The first kappa shape index (κ1) is 18.1. The molecule has 8 nitrogen and oxygen atoms in total. The molecule has 1 aliphatic carbocycles. The van der Waals surface area contributed by atoms with Gasteiger partial charge in [-0.05, 0) is 32.1 Å². The third kappa shape index (κ3) is 3.60. The summed E-state index contributed by atoms with van der Waals surface area (Å²) in [6.45, 7) is 2.06. The number of fused-ring (bicyclic) bond motifs is 1. The molecule has 144 valence electrons. The normalized spacial score (nSPS) is 23.4. The van der Waals surface area contributed by atoms with Gasteiger partial charge in [-0.3, -0.25) is 19.3 Å². The highest BCUT2D eigenvalue weighted by Gasteiger charge is 2.36. The molecule has 4 rings (SSSR count). The number of aromatic nitrogens is 3. The predicted molar refractivity (Wildman–Crippen MR) is 102 cm³/mol. The predicted octanol–water partition coefficient (Wildman–Crippen LogP) is 1.98. The summed E-state index contributed by atoms with van der Waals surface area (Å²) in [4.78, 5) is 42.6. The van der Waals surface area contributed by atoms with Gasteiger partial charge < -0.3 is 5.32 Å². The number of anilines is 1. The van der Waals surface area contributed by atoms with Gasteiger partial charge in [-0.25, -0.2) is 4.98 Å². The van der Waals surface area contributed by atoms with Gasteiger partial charge in [0.25, 0.3) is 5.56 Å². The summed E-state index contributed by atoms with van der Waals surface area (Å²) in [7, 11) is 0. The maximum absolute atomic E-state index is 12.2. The Morgan fingerprint density at radius 1 is 1.15 bits per heavy atom. The minimum absolute atomic E-state index is 0.0294. The standard InChI is InChI=1S/C18H23N5O3S/c1-2-3-12-10-16(26)23-18(20-12)27-17(21-23)19-11-4-6-13(7-5-11)22-14(24)8-9-15(22)25/h10-11,13H,2-9H2,1H3,(H,19,21). The van der Waals surface area contributed by atoms with E-state index < -0.39 is 0 Å². The lowest BCUT2D eigenvalue weighted by molar-refractivity contribution is -0.141. The van der Waals surface area contributed by atoms with Crippen LogP contribution in [0, 0.1) is 0 Å². The molecule has 0 radical (unpaired) electrons. The van der Waals surface area contributed by atoms with Crippen molar-refractivity contribution >= 4 is 33.2 Å². The Labute approximate surface area is 160 Å². The van der Waals surface area contributed by atoms with E-state index in [0.29, 0.717) is 22.9 Å². The zero-order valence-corrected chi connectivity index (χ0v) is 16.1. The number of carbonyl (C=O) groups is 2. The monoisotopic (exact) mass is 389 g/mol. The molecule has 0 atom stereocenters. The number of rotatable bonds is 5. The van der Waals surface area contributed by atoms with Crippen molar-refractivity contribution in [3.05, 3.63) is 22.1 Å². The van der Waals surface area contributed by atoms with Crippen molar-refractivity contribution in [1.29, 1.82) is 0 Å². The average molecular weight is 389 g/mol. The number of hydrogen-bond donors (Lipinski definition) is 1. The second-order valence-corrected chi connectivity index (χ2v) is 8.20. The highest BCUT2D eigenvalue weighted by molar-refractivity contribution is 7.20. The van der Waals surface area contributed by atoms with Gasteiger partial charge in [-0.2, -0.15) is 4.52 Å². The van der Waals surface area contributed by atoms with E-state index in [-0.39, 0.29) is 29.5 Å². The van der Waals surface area contributed by atoms with Crippen molar-refractivity contribution in [3.8, 4) is 0 Å². The Morgan fingerprint density at radius 3 is 2.52 bits per heavy atom. The lowest BCUT2D eigenvalue weighted by atomic mass is 9.90. The molecule has 2 fully saturated rings. The van der Waals surface area contributed by atoms with E-state index in [0.717, 1.165) is 44.2 Å². The number of hydrogen-bond acceptors (Lipinski definition) is 7. The summed E-state index contributed by atoms with van der Waals surface area (Å²) >= 11 is 1.38. The van der Waals surface area contributed by atoms with E-state index in [4.69, 9.17) is 0 Å². The number of likely N-dealkylation sites (tertiary alicyclic amines) is 1.